The first-order valence-corrected chi connectivity index (χ1v) is 2.84. The molecule has 0 heterocycles. The third-order valence-corrected chi connectivity index (χ3v) is 1.58. The number of rotatable bonds is 3. The summed E-state index contributed by atoms with van der Waals surface area (Å²) in [7, 11) is 1.61. The maximum Gasteiger partial charge on any atom is 0.0877 e. The van der Waals surface area contributed by atoms with Gasteiger partial charge >= 0.3 is 0 Å². The van der Waals surface area contributed by atoms with E-state index in [2.05, 4.69) is 0 Å². The molecule has 8 heavy (non-hydrogen) atoms. The second kappa shape index (κ2) is 3.05. The molecule has 0 saturated heterocycles. The number of methoxy groups -OCH3 is 1. The Balaban J connectivity index is 3.58. The standard InChI is InChI=1S/C6H14O2/c1-4-6(2,5-7)8-3/h7H,4-5H2,1-3H3. The summed E-state index contributed by atoms with van der Waals surface area (Å²) in [5.74, 6) is 0. The molecule has 1 atom stereocenters. The molecule has 0 amide bonds. The fourth-order valence-electron chi connectivity index (χ4n) is 0.321. The predicted molar refractivity (Wildman–Crippen MR) is 32.8 cm³/mol. The molecule has 50 valence electrons. The number of ether oxygens (including phenoxy) is 1. The Morgan fingerprint density at radius 1 is 1.62 bits per heavy atom. The molecule has 0 bridgehead atoms. The molecular formula is C6H14O2. The zero-order valence-electron chi connectivity index (χ0n) is 5.77. The summed E-state index contributed by atoms with van der Waals surface area (Å²) < 4.78 is 4.99. The second-order valence-electron chi connectivity index (χ2n) is 2.17. The highest BCUT2D eigenvalue weighted by molar-refractivity contribution is 4.69. The maximum absolute atomic E-state index is 8.66. The first-order chi connectivity index (χ1) is 3.68. The van der Waals surface area contributed by atoms with Crippen molar-refractivity contribution in [2.45, 2.75) is 25.9 Å². The molecule has 2 nitrogen and oxygen atoms in total. The van der Waals surface area contributed by atoms with Gasteiger partial charge in [-0.15, -0.1) is 0 Å². The van der Waals surface area contributed by atoms with Crippen LogP contribution in [0.2, 0.25) is 0 Å². The van der Waals surface area contributed by atoms with Crippen LogP contribution >= 0.6 is 0 Å². The zero-order valence-corrected chi connectivity index (χ0v) is 5.77. The summed E-state index contributed by atoms with van der Waals surface area (Å²) in [6, 6.07) is 0. The fraction of sp³-hybridized carbons (Fsp3) is 1.00. The van der Waals surface area contributed by atoms with E-state index >= 15 is 0 Å². The summed E-state index contributed by atoms with van der Waals surface area (Å²) in [4.78, 5) is 0. The van der Waals surface area contributed by atoms with Gasteiger partial charge in [0.2, 0.25) is 0 Å². The van der Waals surface area contributed by atoms with Crippen LogP contribution in [-0.2, 0) is 4.74 Å². The third-order valence-electron chi connectivity index (χ3n) is 1.58. The van der Waals surface area contributed by atoms with Gasteiger partial charge in [0.25, 0.3) is 0 Å². The Morgan fingerprint density at radius 2 is 2.12 bits per heavy atom. The molecule has 0 aromatic carbocycles. The van der Waals surface area contributed by atoms with Gasteiger partial charge in [0, 0.05) is 7.11 Å². The second-order valence-corrected chi connectivity index (χ2v) is 2.17. The van der Waals surface area contributed by atoms with Crippen molar-refractivity contribution in [1.29, 1.82) is 0 Å². The van der Waals surface area contributed by atoms with Crippen molar-refractivity contribution in [1.82, 2.24) is 0 Å². The van der Waals surface area contributed by atoms with E-state index in [0.717, 1.165) is 6.42 Å². The van der Waals surface area contributed by atoms with Crippen LogP contribution in [0.25, 0.3) is 0 Å². The first kappa shape index (κ1) is 7.92. The average molecular weight is 118 g/mol. The number of aliphatic hydroxyl groups excluding tert-OH is 1. The van der Waals surface area contributed by atoms with Crippen LogP contribution in [0.1, 0.15) is 20.3 Å². The number of aliphatic hydroxyl groups is 1. The van der Waals surface area contributed by atoms with Gasteiger partial charge in [0.15, 0.2) is 0 Å². The van der Waals surface area contributed by atoms with Crippen molar-refractivity contribution in [3.8, 4) is 0 Å². The van der Waals surface area contributed by atoms with E-state index in [1.165, 1.54) is 0 Å². The van der Waals surface area contributed by atoms with Crippen molar-refractivity contribution < 1.29 is 9.84 Å². The molecule has 1 unspecified atom stereocenters. The van der Waals surface area contributed by atoms with Crippen molar-refractivity contribution >= 4 is 0 Å². The maximum atomic E-state index is 8.66. The van der Waals surface area contributed by atoms with E-state index in [-0.39, 0.29) is 12.2 Å². The smallest absolute Gasteiger partial charge is 0.0877 e. The summed E-state index contributed by atoms with van der Waals surface area (Å²) in [6.07, 6.45) is 0.847. The first-order valence-electron chi connectivity index (χ1n) is 2.84. The van der Waals surface area contributed by atoms with Crippen LogP contribution in [0.5, 0.6) is 0 Å². The van der Waals surface area contributed by atoms with Crippen LogP contribution in [-0.4, -0.2) is 24.4 Å². The molecule has 0 rings (SSSR count). The quantitative estimate of drug-likeness (QED) is 0.593. The topological polar surface area (TPSA) is 29.5 Å². The molecule has 0 spiro atoms. The Hall–Kier alpha value is -0.0800. The molecule has 0 aliphatic carbocycles. The predicted octanol–water partition coefficient (Wildman–Crippen LogP) is 0.794. The average Bonchev–Trinajstić information content (AvgIpc) is 1.87. The van der Waals surface area contributed by atoms with E-state index in [0.29, 0.717) is 0 Å². The Labute approximate surface area is 50.5 Å². The lowest BCUT2D eigenvalue weighted by Crippen LogP contribution is -2.30. The highest BCUT2D eigenvalue weighted by Gasteiger charge is 2.18. The molecule has 0 aliphatic heterocycles. The molecule has 0 aromatic rings. The molecule has 1 N–H and O–H groups in total. The SMILES string of the molecule is CCC(C)(CO)OC. The van der Waals surface area contributed by atoms with Crippen LogP contribution in [0.3, 0.4) is 0 Å². The van der Waals surface area contributed by atoms with Gasteiger partial charge in [-0.2, -0.15) is 0 Å². The minimum Gasteiger partial charge on any atom is -0.393 e. The fourth-order valence-corrected chi connectivity index (χ4v) is 0.321. The number of hydrogen-bond acceptors (Lipinski definition) is 2. The van der Waals surface area contributed by atoms with E-state index in [9.17, 15) is 0 Å². The van der Waals surface area contributed by atoms with Gasteiger partial charge < -0.3 is 9.84 Å². The van der Waals surface area contributed by atoms with Crippen molar-refractivity contribution in [3.63, 3.8) is 0 Å². The third kappa shape index (κ3) is 1.80. The van der Waals surface area contributed by atoms with Gasteiger partial charge in [-0.25, -0.2) is 0 Å². The van der Waals surface area contributed by atoms with Crippen molar-refractivity contribution in [2.24, 2.45) is 0 Å². The van der Waals surface area contributed by atoms with Crippen LogP contribution in [0.4, 0.5) is 0 Å². The summed E-state index contributed by atoms with van der Waals surface area (Å²) in [6.45, 7) is 3.96. The molecule has 0 radical (unpaired) electrons. The van der Waals surface area contributed by atoms with Gasteiger partial charge in [-0.05, 0) is 13.3 Å². The summed E-state index contributed by atoms with van der Waals surface area (Å²) in [5, 5.41) is 8.66. The van der Waals surface area contributed by atoms with Crippen LogP contribution in [0.15, 0.2) is 0 Å². The summed E-state index contributed by atoms with van der Waals surface area (Å²) >= 11 is 0. The largest absolute Gasteiger partial charge is 0.393 e. The summed E-state index contributed by atoms with van der Waals surface area (Å²) in [5.41, 5.74) is -0.319. The lowest BCUT2D eigenvalue weighted by molar-refractivity contribution is -0.0398. The molecule has 0 aromatic heterocycles. The van der Waals surface area contributed by atoms with Crippen LogP contribution in [0, 0.1) is 0 Å². The molecule has 2 heteroatoms. The van der Waals surface area contributed by atoms with E-state index in [4.69, 9.17) is 9.84 Å². The normalized spacial score (nSPS) is 18.0. The van der Waals surface area contributed by atoms with E-state index in [1.807, 2.05) is 13.8 Å². The minimum absolute atomic E-state index is 0.0972. The van der Waals surface area contributed by atoms with E-state index < -0.39 is 0 Å². The van der Waals surface area contributed by atoms with Gasteiger partial charge in [0.05, 0.1) is 12.2 Å². The molecule has 0 fully saturated rings. The zero-order chi connectivity index (χ0) is 6.62. The Kier molecular flexibility index (Phi) is 3.02. The Bertz CT molecular complexity index is 49.3. The van der Waals surface area contributed by atoms with Crippen LogP contribution < -0.4 is 0 Å². The monoisotopic (exact) mass is 118 g/mol. The van der Waals surface area contributed by atoms with Crippen molar-refractivity contribution in [3.05, 3.63) is 0 Å². The van der Waals surface area contributed by atoms with Crippen molar-refractivity contribution in [2.75, 3.05) is 13.7 Å². The molecule has 0 saturated carbocycles. The van der Waals surface area contributed by atoms with Gasteiger partial charge in [-0.1, -0.05) is 6.92 Å². The number of hydrogen-bond donors (Lipinski definition) is 1. The highest BCUT2D eigenvalue weighted by Crippen LogP contribution is 2.11. The minimum atomic E-state index is -0.319. The molecule has 0 aliphatic rings. The lowest BCUT2D eigenvalue weighted by atomic mass is 10.1. The van der Waals surface area contributed by atoms with Gasteiger partial charge in [0.1, 0.15) is 0 Å². The van der Waals surface area contributed by atoms with E-state index in [1.54, 1.807) is 7.11 Å². The van der Waals surface area contributed by atoms with Gasteiger partial charge in [-0.3, -0.25) is 0 Å². The molecular weight excluding hydrogens is 104 g/mol. The highest BCUT2D eigenvalue weighted by atomic mass is 16.5. The Morgan fingerprint density at radius 3 is 2.12 bits per heavy atom. The lowest BCUT2D eigenvalue weighted by Gasteiger charge is -2.22.